The Morgan fingerprint density at radius 3 is 2.37 bits per heavy atom. The molecule has 0 aliphatic heterocycles. The van der Waals surface area contributed by atoms with Crippen LogP contribution in [0.1, 0.15) is 17.5 Å². The standard InChI is InChI=1S/C22H16F3N3O7/c1-11(21(30)26-10-18(29)27-15-7-6-14(23)19(24)20(15)25)34-22(31)17-9-8-16(35-17)12-2-4-13(5-3-12)28(32)33/h2-9,11H,10H2,1H3,(H,26,30)(H,27,29). The number of ether oxygens (including phenoxy) is 1. The monoisotopic (exact) mass is 491 g/mol. The fraction of sp³-hybridized carbons (Fsp3) is 0.136. The van der Waals surface area contributed by atoms with Gasteiger partial charge >= 0.3 is 5.97 Å². The number of hydrogen-bond donors (Lipinski definition) is 2. The van der Waals surface area contributed by atoms with E-state index in [9.17, 15) is 37.7 Å². The van der Waals surface area contributed by atoms with E-state index in [2.05, 4.69) is 5.32 Å². The minimum absolute atomic E-state index is 0.122. The Labute approximate surface area is 194 Å². The van der Waals surface area contributed by atoms with E-state index in [1.807, 2.05) is 5.32 Å². The fourth-order valence-corrected chi connectivity index (χ4v) is 2.75. The lowest BCUT2D eigenvalue weighted by Gasteiger charge is -2.13. The maximum atomic E-state index is 13.6. The van der Waals surface area contributed by atoms with Gasteiger partial charge in [0.1, 0.15) is 5.76 Å². The first kappa shape index (κ1) is 25.0. The molecule has 3 aromatic rings. The highest BCUT2D eigenvalue weighted by Crippen LogP contribution is 2.25. The van der Waals surface area contributed by atoms with Crippen LogP contribution in [0.3, 0.4) is 0 Å². The smallest absolute Gasteiger partial charge is 0.375 e. The van der Waals surface area contributed by atoms with Crippen molar-refractivity contribution in [2.24, 2.45) is 0 Å². The molecule has 2 aromatic carbocycles. The number of furan rings is 1. The molecule has 2 N–H and O–H groups in total. The van der Waals surface area contributed by atoms with Gasteiger partial charge in [-0.2, -0.15) is 0 Å². The average Bonchev–Trinajstić information content (AvgIpc) is 3.33. The van der Waals surface area contributed by atoms with E-state index in [0.29, 0.717) is 11.6 Å². The predicted molar refractivity (Wildman–Crippen MR) is 114 cm³/mol. The summed E-state index contributed by atoms with van der Waals surface area (Å²) in [6.07, 6.45) is -1.36. The lowest BCUT2D eigenvalue weighted by Crippen LogP contribution is -2.40. The van der Waals surface area contributed by atoms with Gasteiger partial charge in [-0.15, -0.1) is 0 Å². The Morgan fingerprint density at radius 1 is 1.03 bits per heavy atom. The molecule has 0 aliphatic rings. The first-order chi connectivity index (χ1) is 16.6. The van der Waals surface area contributed by atoms with Gasteiger partial charge in [0.15, 0.2) is 23.6 Å². The number of nitro benzene ring substituents is 1. The Bertz CT molecular complexity index is 1290. The number of nitrogens with zero attached hydrogens (tertiary/aromatic N) is 1. The van der Waals surface area contributed by atoms with Crippen LogP contribution in [-0.4, -0.2) is 35.4 Å². The number of carbonyl (C=O) groups excluding carboxylic acids is 3. The summed E-state index contributed by atoms with van der Waals surface area (Å²) in [6, 6.07) is 9.54. The summed E-state index contributed by atoms with van der Waals surface area (Å²) in [5.74, 6) is -7.62. The van der Waals surface area contributed by atoms with Gasteiger partial charge in [0.05, 0.1) is 17.2 Å². The third kappa shape index (κ3) is 6.01. The zero-order chi connectivity index (χ0) is 25.7. The molecule has 0 bridgehead atoms. The second kappa shape index (κ2) is 10.5. The molecule has 1 unspecified atom stereocenters. The van der Waals surface area contributed by atoms with Crippen LogP contribution in [-0.2, 0) is 14.3 Å². The van der Waals surface area contributed by atoms with Gasteiger partial charge in [0.25, 0.3) is 11.6 Å². The van der Waals surface area contributed by atoms with Crippen LogP contribution >= 0.6 is 0 Å². The third-order valence-corrected chi connectivity index (χ3v) is 4.56. The number of nitrogens with one attached hydrogen (secondary N) is 2. The molecule has 0 aliphatic carbocycles. The van der Waals surface area contributed by atoms with Gasteiger partial charge < -0.3 is 19.8 Å². The van der Waals surface area contributed by atoms with Crippen molar-refractivity contribution in [3.05, 3.63) is 81.9 Å². The lowest BCUT2D eigenvalue weighted by atomic mass is 10.1. The average molecular weight is 491 g/mol. The van der Waals surface area contributed by atoms with Crippen molar-refractivity contribution in [1.29, 1.82) is 0 Å². The quantitative estimate of drug-likeness (QED) is 0.212. The van der Waals surface area contributed by atoms with Gasteiger partial charge in [-0.25, -0.2) is 18.0 Å². The molecule has 3 rings (SSSR count). The van der Waals surface area contributed by atoms with Gasteiger partial charge in [-0.3, -0.25) is 19.7 Å². The molecule has 0 radical (unpaired) electrons. The number of anilines is 1. The SMILES string of the molecule is CC(OC(=O)c1ccc(-c2ccc([N+](=O)[O-])cc2)o1)C(=O)NCC(=O)Nc1ccc(F)c(F)c1F. The maximum Gasteiger partial charge on any atom is 0.375 e. The van der Waals surface area contributed by atoms with E-state index in [0.717, 1.165) is 6.07 Å². The molecular formula is C22H16F3N3O7. The molecule has 0 saturated carbocycles. The van der Waals surface area contributed by atoms with E-state index in [1.54, 1.807) is 0 Å². The lowest BCUT2D eigenvalue weighted by molar-refractivity contribution is -0.384. The van der Waals surface area contributed by atoms with E-state index in [4.69, 9.17) is 9.15 Å². The zero-order valence-electron chi connectivity index (χ0n) is 17.8. The molecule has 182 valence electrons. The number of rotatable bonds is 8. The van der Waals surface area contributed by atoms with Crippen molar-refractivity contribution in [1.82, 2.24) is 5.32 Å². The van der Waals surface area contributed by atoms with E-state index in [1.165, 1.54) is 43.3 Å². The van der Waals surface area contributed by atoms with E-state index < -0.39 is 58.5 Å². The molecule has 1 atom stereocenters. The molecule has 0 spiro atoms. The number of nitro groups is 1. The number of amides is 2. The van der Waals surface area contributed by atoms with Crippen molar-refractivity contribution in [3.63, 3.8) is 0 Å². The third-order valence-electron chi connectivity index (χ3n) is 4.56. The largest absolute Gasteiger partial charge is 0.449 e. The number of carbonyl (C=O) groups is 3. The first-order valence-electron chi connectivity index (χ1n) is 9.83. The molecule has 2 amide bonds. The Kier molecular flexibility index (Phi) is 7.49. The van der Waals surface area contributed by atoms with Crippen LogP contribution in [0.5, 0.6) is 0 Å². The number of benzene rings is 2. The topological polar surface area (TPSA) is 141 Å². The second-order valence-corrected chi connectivity index (χ2v) is 7.00. The van der Waals surface area contributed by atoms with Crippen molar-refractivity contribution >= 4 is 29.2 Å². The molecular weight excluding hydrogens is 475 g/mol. The Hall–Kier alpha value is -4.68. The van der Waals surface area contributed by atoms with Gasteiger partial charge in [-0.05, 0) is 43.3 Å². The second-order valence-electron chi connectivity index (χ2n) is 7.00. The van der Waals surface area contributed by atoms with Gasteiger partial charge in [0.2, 0.25) is 11.7 Å². The van der Waals surface area contributed by atoms with Crippen LogP contribution < -0.4 is 10.6 Å². The number of halogens is 3. The summed E-state index contributed by atoms with van der Waals surface area (Å²) in [5, 5.41) is 14.8. The van der Waals surface area contributed by atoms with Crippen molar-refractivity contribution in [2.45, 2.75) is 13.0 Å². The van der Waals surface area contributed by atoms with Crippen LogP contribution in [0.2, 0.25) is 0 Å². The molecule has 0 fully saturated rings. The summed E-state index contributed by atoms with van der Waals surface area (Å²) in [4.78, 5) is 46.4. The Morgan fingerprint density at radius 2 is 1.71 bits per heavy atom. The first-order valence-corrected chi connectivity index (χ1v) is 9.83. The molecule has 35 heavy (non-hydrogen) atoms. The summed E-state index contributed by atoms with van der Waals surface area (Å²) in [5.41, 5.74) is -0.281. The highest BCUT2D eigenvalue weighted by Gasteiger charge is 2.22. The summed E-state index contributed by atoms with van der Waals surface area (Å²) in [6.45, 7) is 0.546. The normalized spacial score (nSPS) is 11.4. The van der Waals surface area contributed by atoms with Crippen molar-refractivity contribution in [2.75, 3.05) is 11.9 Å². The van der Waals surface area contributed by atoms with Crippen molar-refractivity contribution < 1.29 is 41.6 Å². The minimum Gasteiger partial charge on any atom is -0.449 e. The molecule has 1 aromatic heterocycles. The van der Waals surface area contributed by atoms with Crippen molar-refractivity contribution in [3.8, 4) is 11.3 Å². The predicted octanol–water partition coefficient (Wildman–Crippen LogP) is 3.57. The Balaban J connectivity index is 1.52. The molecule has 13 heteroatoms. The van der Waals surface area contributed by atoms with E-state index >= 15 is 0 Å². The minimum atomic E-state index is -1.76. The number of non-ortho nitro benzene ring substituents is 1. The van der Waals surface area contributed by atoms with E-state index in [-0.39, 0.29) is 17.2 Å². The summed E-state index contributed by atoms with van der Waals surface area (Å²) in [7, 11) is 0. The molecule has 0 saturated heterocycles. The van der Waals surface area contributed by atoms with Gasteiger partial charge in [0, 0.05) is 17.7 Å². The van der Waals surface area contributed by atoms with Crippen LogP contribution in [0.15, 0.2) is 52.9 Å². The van der Waals surface area contributed by atoms with Crippen LogP contribution in [0, 0.1) is 27.6 Å². The number of esters is 1. The van der Waals surface area contributed by atoms with Crippen LogP contribution in [0.25, 0.3) is 11.3 Å². The highest BCUT2D eigenvalue weighted by atomic mass is 19.2. The maximum absolute atomic E-state index is 13.6. The highest BCUT2D eigenvalue weighted by molar-refractivity contribution is 5.96. The fourth-order valence-electron chi connectivity index (χ4n) is 2.75. The number of hydrogen-bond acceptors (Lipinski definition) is 7. The van der Waals surface area contributed by atoms with Crippen LogP contribution in [0.4, 0.5) is 24.5 Å². The summed E-state index contributed by atoms with van der Waals surface area (Å²) >= 11 is 0. The van der Waals surface area contributed by atoms with Gasteiger partial charge in [-0.1, -0.05) is 0 Å². The summed E-state index contributed by atoms with van der Waals surface area (Å²) < 4.78 is 50.1. The molecule has 1 heterocycles. The molecule has 10 nitrogen and oxygen atoms in total. The zero-order valence-corrected chi connectivity index (χ0v) is 17.8.